The molecular weight excluding hydrogens is 280 g/mol. The molecule has 0 N–H and O–H groups in total. The largest absolute Gasteiger partial charge is 0.469 e. The van der Waals surface area contributed by atoms with Crippen molar-refractivity contribution in [2.24, 2.45) is 0 Å². The summed E-state index contributed by atoms with van der Waals surface area (Å²) >= 11 is 0. The number of furan rings is 1. The molecule has 0 bridgehead atoms. The van der Waals surface area contributed by atoms with Crippen LogP contribution in [0.25, 0.3) is 0 Å². The van der Waals surface area contributed by atoms with E-state index in [1.54, 1.807) is 13.2 Å². The van der Waals surface area contributed by atoms with Gasteiger partial charge in [-0.05, 0) is 25.5 Å². The molecule has 4 heteroatoms. The van der Waals surface area contributed by atoms with Crippen molar-refractivity contribution in [2.45, 2.75) is 39.8 Å². The Morgan fingerprint density at radius 2 is 1.64 bits per heavy atom. The molecule has 0 fully saturated rings. The first kappa shape index (κ1) is 16.7. The summed E-state index contributed by atoms with van der Waals surface area (Å²) in [5.41, 5.74) is 2.19. The summed E-state index contributed by atoms with van der Waals surface area (Å²) in [4.78, 5) is 0. The standard InChI is InChI=1S/C18H24O4/c1-4-20-18(3,21-5-2)22-14-16-12-17(19-13-16)11-15-9-7-6-8-10-15/h6-10,12-13H,4-5,11,14H2,1-3H3. The highest BCUT2D eigenvalue weighted by Gasteiger charge is 2.26. The van der Waals surface area contributed by atoms with E-state index in [2.05, 4.69) is 12.1 Å². The normalized spacial score (nSPS) is 11.8. The molecule has 2 aromatic rings. The summed E-state index contributed by atoms with van der Waals surface area (Å²) in [6, 6.07) is 12.2. The molecule has 4 nitrogen and oxygen atoms in total. The molecule has 1 aromatic carbocycles. The number of rotatable bonds is 9. The lowest BCUT2D eigenvalue weighted by atomic mass is 10.1. The topological polar surface area (TPSA) is 40.8 Å². The first-order valence-corrected chi connectivity index (χ1v) is 7.67. The fourth-order valence-electron chi connectivity index (χ4n) is 2.26. The molecule has 0 saturated carbocycles. The van der Waals surface area contributed by atoms with Crippen LogP contribution >= 0.6 is 0 Å². The minimum Gasteiger partial charge on any atom is -0.469 e. The molecule has 0 radical (unpaired) electrons. The molecule has 0 unspecified atom stereocenters. The van der Waals surface area contributed by atoms with Crippen molar-refractivity contribution < 1.29 is 18.6 Å². The van der Waals surface area contributed by atoms with E-state index >= 15 is 0 Å². The molecule has 120 valence electrons. The van der Waals surface area contributed by atoms with Crippen molar-refractivity contribution >= 4 is 0 Å². The van der Waals surface area contributed by atoms with Gasteiger partial charge in [0.15, 0.2) is 0 Å². The van der Waals surface area contributed by atoms with E-state index in [0.717, 1.165) is 17.7 Å². The summed E-state index contributed by atoms with van der Waals surface area (Å²) in [5.74, 6) is -0.0975. The summed E-state index contributed by atoms with van der Waals surface area (Å²) < 4.78 is 22.4. The van der Waals surface area contributed by atoms with Crippen LogP contribution in [-0.4, -0.2) is 19.2 Å². The molecular formula is C18H24O4. The van der Waals surface area contributed by atoms with Crippen LogP contribution in [-0.2, 0) is 27.2 Å². The number of hydrogen-bond donors (Lipinski definition) is 0. The van der Waals surface area contributed by atoms with Crippen LogP contribution in [0.1, 0.15) is 37.7 Å². The third-order valence-electron chi connectivity index (χ3n) is 3.24. The van der Waals surface area contributed by atoms with Crippen molar-refractivity contribution in [3.63, 3.8) is 0 Å². The minimum absolute atomic E-state index is 0.384. The zero-order valence-corrected chi connectivity index (χ0v) is 13.5. The van der Waals surface area contributed by atoms with E-state index in [9.17, 15) is 0 Å². The van der Waals surface area contributed by atoms with Gasteiger partial charge in [0.1, 0.15) is 5.76 Å². The SMILES string of the molecule is CCOC(C)(OCC)OCc1coc(Cc2ccccc2)c1. The van der Waals surface area contributed by atoms with Crippen LogP contribution in [0.5, 0.6) is 0 Å². The van der Waals surface area contributed by atoms with Gasteiger partial charge in [-0.3, -0.25) is 0 Å². The highest BCUT2D eigenvalue weighted by atomic mass is 16.9. The summed E-state index contributed by atoms with van der Waals surface area (Å²) in [7, 11) is 0. The van der Waals surface area contributed by atoms with E-state index in [4.69, 9.17) is 18.6 Å². The van der Waals surface area contributed by atoms with Gasteiger partial charge in [0.2, 0.25) is 0 Å². The van der Waals surface area contributed by atoms with E-state index in [1.807, 2.05) is 38.1 Å². The second-order valence-electron chi connectivity index (χ2n) is 5.10. The average molecular weight is 304 g/mol. The predicted octanol–water partition coefficient (Wildman–Crippen LogP) is 4.13. The molecule has 1 aromatic heterocycles. The van der Waals surface area contributed by atoms with Crippen LogP contribution in [0.2, 0.25) is 0 Å². The Hall–Kier alpha value is -1.62. The van der Waals surface area contributed by atoms with Crippen molar-refractivity contribution in [3.05, 3.63) is 59.5 Å². The Morgan fingerprint density at radius 1 is 0.955 bits per heavy atom. The van der Waals surface area contributed by atoms with Gasteiger partial charge in [-0.15, -0.1) is 0 Å². The Bertz CT molecular complexity index is 541. The van der Waals surface area contributed by atoms with Crippen LogP contribution in [0.4, 0.5) is 0 Å². The van der Waals surface area contributed by atoms with Crippen molar-refractivity contribution in [3.8, 4) is 0 Å². The van der Waals surface area contributed by atoms with E-state index in [1.165, 1.54) is 5.56 Å². The molecule has 0 aliphatic carbocycles. The Morgan fingerprint density at radius 3 is 2.27 bits per heavy atom. The van der Waals surface area contributed by atoms with Gasteiger partial charge in [-0.25, -0.2) is 0 Å². The molecule has 0 spiro atoms. The van der Waals surface area contributed by atoms with Gasteiger partial charge >= 0.3 is 0 Å². The lowest BCUT2D eigenvalue weighted by molar-refractivity contribution is -0.371. The van der Waals surface area contributed by atoms with Gasteiger partial charge in [-0.2, -0.15) is 0 Å². The average Bonchev–Trinajstić information content (AvgIpc) is 2.95. The quantitative estimate of drug-likeness (QED) is 0.653. The molecule has 1 heterocycles. The predicted molar refractivity (Wildman–Crippen MR) is 84.4 cm³/mol. The van der Waals surface area contributed by atoms with E-state index in [-0.39, 0.29) is 0 Å². The van der Waals surface area contributed by atoms with Crippen LogP contribution in [0, 0.1) is 0 Å². The van der Waals surface area contributed by atoms with Crippen molar-refractivity contribution in [1.82, 2.24) is 0 Å². The maximum Gasteiger partial charge on any atom is 0.280 e. The van der Waals surface area contributed by atoms with Crippen LogP contribution < -0.4 is 0 Å². The first-order valence-electron chi connectivity index (χ1n) is 7.67. The second kappa shape index (κ2) is 8.13. The summed E-state index contributed by atoms with van der Waals surface area (Å²) in [6.45, 7) is 7.05. The van der Waals surface area contributed by atoms with Gasteiger partial charge < -0.3 is 18.6 Å². The maximum absolute atomic E-state index is 5.76. The fraction of sp³-hybridized carbons (Fsp3) is 0.444. The Balaban J connectivity index is 1.91. The minimum atomic E-state index is -1.01. The molecule has 22 heavy (non-hydrogen) atoms. The maximum atomic E-state index is 5.76. The molecule has 0 saturated heterocycles. The molecule has 0 atom stereocenters. The fourth-order valence-corrected chi connectivity index (χ4v) is 2.26. The Kier molecular flexibility index (Phi) is 6.19. The van der Waals surface area contributed by atoms with E-state index < -0.39 is 5.97 Å². The van der Waals surface area contributed by atoms with Gasteiger partial charge in [0.25, 0.3) is 5.97 Å². The van der Waals surface area contributed by atoms with Gasteiger partial charge in [0, 0.05) is 32.1 Å². The van der Waals surface area contributed by atoms with Crippen LogP contribution in [0.15, 0.2) is 47.1 Å². The van der Waals surface area contributed by atoms with E-state index in [0.29, 0.717) is 19.8 Å². The first-order chi connectivity index (χ1) is 10.6. The van der Waals surface area contributed by atoms with Crippen LogP contribution in [0.3, 0.4) is 0 Å². The van der Waals surface area contributed by atoms with Crippen molar-refractivity contribution in [2.75, 3.05) is 13.2 Å². The summed E-state index contributed by atoms with van der Waals surface area (Å²) in [5, 5.41) is 0. The number of hydrogen-bond acceptors (Lipinski definition) is 4. The van der Waals surface area contributed by atoms with Crippen molar-refractivity contribution in [1.29, 1.82) is 0 Å². The molecule has 0 aliphatic heterocycles. The Labute approximate surface area is 132 Å². The molecule has 2 rings (SSSR count). The van der Waals surface area contributed by atoms with Gasteiger partial charge in [-0.1, -0.05) is 30.3 Å². The lowest BCUT2D eigenvalue weighted by Crippen LogP contribution is -2.35. The highest BCUT2D eigenvalue weighted by Crippen LogP contribution is 2.19. The zero-order chi connectivity index (χ0) is 15.8. The third-order valence-corrected chi connectivity index (χ3v) is 3.24. The molecule has 0 amide bonds. The zero-order valence-electron chi connectivity index (χ0n) is 13.5. The smallest absolute Gasteiger partial charge is 0.280 e. The second-order valence-corrected chi connectivity index (χ2v) is 5.10. The third kappa shape index (κ3) is 4.98. The monoisotopic (exact) mass is 304 g/mol. The van der Waals surface area contributed by atoms with Gasteiger partial charge in [0.05, 0.1) is 12.9 Å². The summed E-state index contributed by atoms with van der Waals surface area (Å²) in [6.07, 6.45) is 2.49. The number of benzene rings is 1. The molecule has 0 aliphatic rings. The highest BCUT2D eigenvalue weighted by molar-refractivity contribution is 5.22. The number of ether oxygens (including phenoxy) is 3. The lowest BCUT2D eigenvalue weighted by Gasteiger charge is -2.28.